The van der Waals surface area contributed by atoms with Crippen LogP contribution in [0.5, 0.6) is 5.75 Å². The fourth-order valence-corrected chi connectivity index (χ4v) is 2.49. The fourth-order valence-electron chi connectivity index (χ4n) is 2.49. The third-order valence-electron chi connectivity index (χ3n) is 3.75. The predicted octanol–water partition coefficient (Wildman–Crippen LogP) is 4.34. The highest BCUT2D eigenvalue weighted by Crippen LogP contribution is 2.22. The number of hydrogen-bond donors (Lipinski definition) is 1. The Bertz CT molecular complexity index is 811. The third-order valence-corrected chi connectivity index (χ3v) is 3.75. The second kappa shape index (κ2) is 7.47. The van der Waals surface area contributed by atoms with Crippen LogP contribution in [0.2, 0.25) is 0 Å². The van der Waals surface area contributed by atoms with Gasteiger partial charge >= 0.3 is 5.97 Å². The number of carbonyl (C=O) groups is 1. The molecule has 0 atom stereocenters. The molecule has 0 radical (unpaired) electrons. The Morgan fingerprint density at radius 2 is 1.42 bits per heavy atom. The summed E-state index contributed by atoms with van der Waals surface area (Å²) in [5.41, 5.74) is 3.18. The van der Waals surface area contributed by atoms with E-state index in [1.54, 1.807) is 12.1 Å². The summed E-state index contributed by atoms with van der Waals surface area (Å²) in [5, 5.41) is 10.1. The lowest BCUT2D eigenvalue weighted by atomic mass is 10.0. The minimum Gasteiger partial charge on any atom is -0.507 e. The topological polar surface area (TPSA) is 46.5 Å². The lowest BCUT2D eigenvalue weighted by Gasteiger charge is -2.08. The lowest BCUT2D eigenvalue weighted by molar-refractivity contribution is 0.0469. The van der Waals surface area contributed by atoms with Crippen LogP contribution in [0.15, 0.2) is 78.9 Å². The molecule has 3 aromatic carbocycles. The molecule has 0 bridgehead atoms. The maximum atomic E-state index is 12.1. The summed E-state index contributed by atoms with van der Waals surface area (Å²) >= 11 is 0. The third kappa shape index (κ3) is 4.02. The van der Waals surface area contributed by atoms with Gasteiger partial charge in [0.2, 0.25) is 0 Å². The molecule has 0 aromatic heterocycles. The molecule has 0 saturated heterocycles. The Hall–Kier alpha value is -3.07. The maximum absolute atomic E-state index is 12.1. The first-order valence-electron chi connectivity index (χ1n) is 7.79. The Morgan fingerprint density at radius 3 is 2.04 bits per heavy atom. The van der Waals surface area contributed by atoms with Crippen molar-refractivity contribution in [1.29, 1.82) is 0 Å². The summed E-state index contributed by atoms with van der Waals surface area (Å²) in [6.07, 6.45) is 0.702. The molecule has 0 heterocycles. The van der Waals surface area contributed by atoms with Crippen molar-refractivity contribution in [1.82, 2.24) is 0 Å². The monoisotopic (exact) mass is 318 g/mol. The Balaban J connectivity index is 1.67. The number of benzene rings is 3. The van der Waals surface area contributed by atoms with Crippen molar-refractivity contribution < 1.29 is 14.6 Å². The van der Waals surface area contributed by atoms with E-state index in [1.807, 2.05) is 66.7 Å². The average molecular weight is 318 g/mol. The van der Waals surface area contributed by atoms with Gasteiger partial charge < -0.3 is 9.84 Å². The molecular formula is C21H18O3. The molecule has 1 N–H and O–H groups in total. The van der Waals surface area contributed by atoms with Crippen LogP contribution in [0.4, 0.5) is 0 Å². The number of phenols is 1. The molecule has 3 aromatic rings. The highest BCUT2D eigenvalue weighted by atomic mass is 16.5. The molecule has 0 unspecified atom stereocenters. The first kappa shape index (κ1) is 15.8. The van der Waals surface area contributed by atoms with E-state index in [0.717, 1.165) is 16.7 Å². The molecule has 3 rings (SSSR count). The van der Waals surface area contributed by atoms with Crippen molar-refractivity contribution in [2.75, 3.05) is 0 Å². The molecule has 0 saturated carbocycles. The zero-order valence-corrected chi connectivity index (χ0v) is 13.2. The van der Waals surface area contributed by atoms with Crippen LogP contribution >= 0.6 is 0 Å². The van der Waals surface area contributed by atoms with Crippen molar-refractivity contribution >= 4 is 5.97 Å². The maximum Gasteiger partial charge on any atom is 0.342 e. The predicted molar refractivity (Wildman–Crippen MR) is 92.9 cm³/mol. The van der Waals surface area contributed by atoms with E-state index in [2.05, 4.69) is 0 Å². The van der Waals surface area contributed by atoms with Crippen LogP contribution in [-0.2, 0) is 17.8 Å². The van der Waals surface area contributed by atoms with Crippen molar-refractivity contribution in [3.63, 3.8) is 0 Å². The second-order valence-corrected chi connectivity index (χ2v) is 5.58. The highest BCUT2D eigenvalue weighted by Gasteiger charge is 2.13. The van der Waals surface area contributed by atoms with E-state index in [0.29, 0.717) is 6.42 Å². The van der Waals surface area contributed by atoms with Gasteiger partial charge in [-0.3, -0.25) is 0 Å². The van der Waals surface area contributed by atoms with E-state index in [9.17, 15) is 9.90 Å². The van der Waals surface area contributed by atoms with Gasteiger partial charge in [0.05, 0.1) is 0 Å². The largest absolute Gasteiger partial charge is 0.507 e. The molecule has 3 heteroatoms. The first-order valence-corrected chi connectivity index (χ1v) is 7.79. The molecule has 0 aliphatic heterocycles. The summed E-state index contributed by atoms with van der Waals surface area (Å²) in [5.74, 6) is -0.580. The van der Waals surface area contributed by atoms with Crippen LogP contribution < -0.4 is 0 Å². The number of aromatic hydroxyl groups is 1. The zero-order chi connectivity index (χ0) is 16.8. The number of phenolic OH excluding ortho intramolecular Hbond substituents is 1. The van der Waals surface area contributed by atoms with E-state index in [1.165, 1.54) is 0 Å². The Labute approximate surface area is 141 Å². The quantitative estimate of drug-likeness (QED) is 0.712. The summed E-state index contributed by atoms with van der Waals surface area (Å²) in [7, 11) is 0. The highest BCUT2D eigenvalue weighted by molar-refractivity contribution is 5.92. The average Bonchev–Trinajstić information content (AvgIpc) is 2.61. The zero-order valence-electron chi connectivity index (χ0n) is 13.2. The van der Waals surface area contributed by atoms with E-state index >= 15 is 0 Å². The summed E-state index contributed by atoms with van der Waals surface area (Å²) in [6, 6.07) is 24.5. The molecule has 120 valence electrons. The first-order chi connectivity index (χ1) is 11.7. The standard InChI is InChI=1S/C21H18O3/c22-20-14-18(13-16-7-3-1-4-8-16)11-12-19(20)21(23)24-15-17-9-5-2-6-10-17/h1-12,14,22H,13,15H2. The van der Waals surface area contributed by atoms with Crippen molar-refractivity contribution in [3.8, 4) is 5.75 Å². The summed E-state index contributed by atoms with van der Waals surface area (Å²) in [6.45, 7) is 0.185. The van der Waals surface area contributed by atoms with Gasteiger partial charge in [0.25, 0.3) is 0 Å². The number of rotatable bonds is 5. The molecular weight excluding hydrogens is 300 g/mol. The SMILES string of the molecule is O=C(OCc1ccccc1)c1ccc(Cc2ccccc2)cc1O. The second-order valence-electron chi connectivity index (χ2n) is 5.58. The number of esters is 1. The van der Waals surface area contributed by atoms with Gasteiger partial charge in [-0.2, -0.15) is 0 Å². The molecule has 3 nitrogen and oxygen atoms in total. The van der Waals surface area contributed by atoms with Gasteiger partial charge in [-0.05, 0) is 35.2 Å². The van der Waals surface area contributed by atoms with Crippen LogP contribution in [-0.4, -0.2) is 11.1 Å². The van der Waals surface area contributed by atoms with Gasteiger partial charge in [-0.25, -0.2) is 4.79 Å². The molecule has 0 aliphatic rings. The summed E-state index contributed by atoms with van der Waals surface area (Å²) < 4.78 is 5.25. The lowest BCUT2D eigenvalue weighted by Crippen LogP contribution is -2.06. The van der Waals surface area contributed by atoms with Crippen molar-refractivity contribution in [2.45, 2.75) is 13.0 Å². The van der Waals surface area contributed by atoms with E-state index < -0.39 is 5.97 Å². The van der Waals surface area contributed by atoms with Gasteiger partial charge in [0.1, 0.15) is 17.9 Å². The van der Waals surface area contributed by atoms with Crippen molar-refractivity contribution in [2.24, 2.45) is 0 Å². The Morgan fingerprint density at radius 1 is 0.792 bits per heavy atom. The molecule has 0 fully saturated rings. The van der Waals surface area contributed by atoms with Crippen LogP contribution in [0.25, 0.3) is 0 Å². The number of hydrogen-bond acceptors (Lipinski definition) is 3. The number of ether oxygens (including phenoxy) is 1. The molecule has 0 aliphatic carbocycles. The fraction of sp³-hybridized carbons (Fsp3) is 0.0952. The van der Waals surface area contributed by atoms with Gasteiger partial charge in [0, 0.05) is 0 Å². The minimum absolute atomic E-state index is 0.0542. The van der Waals surface area contributed by atoms with Gasteiger partial charge in [0.15, 0.2) is 0 Å². The molecule has 0 amide bonds. The smallest absolute Gasteiger partial charge is 0.342 e. The van der Waals surface area contributed by atoms with Crippen molar-refractivity contribution in [3.05, 3.63) is 101 Å². The van der Waals surface area contributed by atoms with Crippen LogP contribution in [0.1, 0.15) is 27.0 Å². The number of carbonyl (C=O) groups excluding carboxylic acids is 1. The van der Waals surface area contributed by atoms with Gasteiger partial charge in [-0.1, -0.05) is 66.7 Å². The Kier molecular flexibility index (Phi) is 4.92. The van der Waals surface area contributed by atoms with E-state index in [4.69, 9.17) is 4.74 Å². The molecule has 0 spiro atoms. The van der Waals surface area contributed by atoms with E-state index in [-0.39, 0.29) is 17.9 Å². The van der Waals surface area contributed by atoms with Gasteiger partial charge in [-0.15, -0.1) is 0 Å². The van der Waals surface area contributed by atoms with Crippen LogP contribution in [0.3, 0.4) is 0 Å². The molecule has 24 heavy (non-hydrogen) atoms. The minimum atomic E-state index is -0.525. The summed E-state index contributed by atoms with van der Waals surface area (Å²) in [4.78, 5) is 12.1. The normalized spacial score (nSPS) is 10.3. The van der Waals surface area contributed by atoms with Crippen LogP contribution in [0, 0.1) is 0 Å².